The van der Waals surface area contributed by atoms with E-state index in [1.807, 2.05) is 61.5 Å². The highest BCUT2D eigenvalue weighted by molar-refractivity contribution is 5.99. The predicted octanol–water partition coefficient (Wildman–Crippen LogP) is 4.31. The predicted molar refractivity (Wildman–Crippen MR) is 109 cm³/mol. The molecule has 1 N–H and O–H groups in total. The van der Waals surface area contributed by atoms with E-state index in [1.54, 1.807) is 16.9 Å². The molecule has 0 unspecified atom stereocenters. The second-order valence-electron chi connectivity index (χ2n) is 6.69. The van der Waals surface area contributed by atoms with Crippen LogP contribution in [0.4, 0.5) is 4.39 Å². The highest BCUT2D eigenvalue weighted by Gasteiger charge is 2.18. The third-order valence-electron chi connectivity index (χ3n) is 4.52. The summed E-state index contributed by atoms with van der Waals surface area (Å²) in [6.07, 6.45) is 2.85. The zero-order chi connectivity index (χ0) is 20.2. The largest absolute Gasteiger partial charge is 0.346 e. The highest BCUT2D eigenvalue weighted by atomic mass is 19.1. The van der Waals surface area contributed by atoms with Crippen molar-refractivity contribution in [1.82, 2.24) is 20.1 Å². The van der Waals surface area contributed by atoms with Crippen LogP contribution in [0.5, 0.6) is 0 Å². The molecular weight excluding hydrogens is 367 g/mol. The summed E-state index contributed by atoms with van der Waals surface area (Å²) in [6, 6.07) is 20.3. The first-order valence-corrected chi connectivity index (χ1v) is 9.21. The molecule has 0 atom stereocenters. The molecule has 2 aromatic carbocycles. The summed E-state index contributed by atoms with van der Waals surface area (Å²) in [7, 11) is 0. The molecule has 144 valence electrons. The zero-order valence-electron chi connectivity index (χ0n) is 15.8. The van der Waals surface area contributed by atoms with E-state index in [9.17, 15) is 9.18 Å². The second-order valence-corrected chi connectivity index (χ2v) is 6.69. The molecule has 5 nitrogen and oxygen atoms in total. The first-order chi connectivity index (χ1) is 14.1. The molecule has 4 aromatic rings. The van der Waals surface area contributed by atoms with Crippen molar-refractivity contribution in [3.63, 3.8) is 0 Å². The normalized spacial score (nSPS) is 10.7. The molecule has 4 rings (SSSR count). The summed E-state index contributed by atoms with van der Waals surface area (Å²) in [5.41, 5.74) is 4.49. The fourth-order valence-electron chi connectivity index (χ4n) is 2.96. The van der Waals surface area contributed by atoms with Crippen LogP contribution < -0.4 is 5.32 Å². The number of hydrogen-bond acceptors (Lipinski definition) is 3. The molecule has 0 fully saturated rings. The number of aryl methyl sites for hydroxylation is 1. The van der Waals surface area contributed by atoms with E-state index in [4.69, 9.17) is 0 Å². The Balaban J connectivity index is 1.65. The number of hydrogen-bond donors (Lipinski definition) is 1. The Morgan fingerprint density at radius 3 is 2.48 bits per heavy atom. The molecule has 29 heavy (non-hydrogen) atoms. The summed E-state index contributed by atoms with van der Waals surface area (Å²) >= 11 is 0. The number of aromatic nitrogens is 3. The molecule has 0 radical (unpaired) electrons. The molecule has 0 bridgehead atoms. The van der Waals surface area contributed by atoms with Crippen molar-refractivity contribution >= 4 is 5.91 Å². The number of carbonyl (C=O) groups is 1. The van der Waals surface area contributed by atoms with Crippen LogP contribution in [0.25, 0.3) is 16.9 Å². The Bertz CT molecular complexity index is 1120. The van der Waals surface area contributed by atoms with E-state index in [-0.39, 0.29) is 12.5 Å². The number of rotatable bonds is 5. The lowest BCUT2D eigenvalue weighted by Gasteiger charge is -2.05. The summed E-state index contributed by atoms with van der Waals surface area (Å²) in [4.78, 5) is 16.9. The van der Waals surface area contributed by atoms with Gasteiger partial charge in [-0.15, -0.1) is 0 Å². The van der Waals surface area contributed by atoms with Crippen LogP contribution in [-0.4, -0.2) is 20.7 Å². The topological polar surface area (TPSA) is 59.8 Å². The van der Waals surface area contributed by atoms with Crippen molar-refractivity contribution in [3.05, 3.63) is 102 Å². The SMILES string of the molecule is Cc1ccc(-n2cc(C(=O)NCc3ccc(F)cn3)c(-c3ccccc3)n2)cc1. The maximum Gasteiger partial charge on any atom is 0.255 e. The van der Waals surface area contributed by atoms with Gasteiger partial charge in [0.2, 0.25) is 0 Å². The zero-order valence-corrected chi connectivity index (χ0v) is 15.8. The number of pyridine rings is 1. The van der Waals surface area contributed by atoms with Crippen LogP contribution in [0.3, 0.4) is 0 Å². The van der Waals surface area contributed by atoms with Crippen LogP contribution in [0.1, 0.15) is 21.6 Å². The third kappa shape index (κ3) is 4.21. The Morgan fingerprint density at radius 1 is 1.03 bits per heavy atom. The van der Waals surface area contributed by atoms with E-state index in [1.165, 1.54) is 6.07 Å². The van der Waals surface area contributed by atoms with Gasteiger partial charge in [-0.1, -0.05) is 48.0 Å². The van der Waals surface area contributed by atoms with Gasteiger partial charge in [-0.05, 0) is 31.2 Å². The molecule has 0 aliphatic carbocycles. The van der Waals surface area contributed by atoms with Gasteiger partial charge in [0.15, 0.2) is 0 Å². The van der Waals surface area contributed by atoms with Gasteiger partial charge in [0.25, 0.3) is 5.91 Å². The number of benzene rings is 2. The maximum absolute atomic E-state index is 13.0. The van der Waals surface area contributed by atoms with Crippen LogP contribution >= 0.6 is 0 Å². The molecule has 2 aromatic heterocycles. The van der Waals surface area contributed by atoms with Crippen molar-refractivity contribution in [2.45, 2.75) is 13.5 Å². The second kappa shape index (κ2) is 8.06. The van der Waals surface area contributed by atoms with Crippen molar-refractivity contribution in [2.75, 3.05) is 0 Å². The van der Waals surface area contributed by atoms with Crippen molar-refractivity contribution < 1.29 is 9.18 Å². The number of nitrogens with zero attached hydrogens (tertiary/aromatic N) is 3. The molecule has 1 amide bonds. The standard InChI is InChI=1S/C23H19FN4O/c1-16-7-11-20(12-8-16)28-15-21(22(27-28)17-5-3-2-4-6-17)23(29)26-14-19-10-9-18(24)13-25-19/h2-13,15H,14H2,1H3,(H,26,29). The average molecular weight is 386 g/mol. The third-order valence-corrected chi connectivity index (χ3v) is 4.52. The van der Waals surface area contributed by atoms with Gasteiger partial charge in [0, 0.05) is 11.8 Å². The Hall–Kier alpha value is -3.80. The van der Waals surface area contributed by atoms with E-state index >= 15 is 0 Å². The number of amides is 1. The maximum atomic E-state index is 13.0. The lowest BCUT2D eigenvalue weighted by atomic mass is 10.1. The lowest BCUT2D eigenvalue weighted by Crippen LogP contribution is -2.23. The minimum absolute atomic E-state index is 0.197. The van der Waals surface area contributed by atoms with Crippen molar-refractivity contribution in [1.29, 1.82) is 0 Å². The van der Waals surface area contributed by atoms with Gasteiger partial charge in [0.1, 0.15) is 11.5 Å². The fraction of sp³-hybridized carbons (Fsp3) is 0.0870. The van der Waals surface area contributed by atoms with Gasteiger partial charge in [-0.2, -0.15) is 5.10 Å². The van der Waals surface area contributed by atoms with Crippen LogP contribution in [0.2, 0.25) is 0 Å². The van der Waals surface area contributed by atoms with Crippen molar-refractivity contribution in [3.8, 4) is 16.9 Å². The van der Waals surface area contributed by atoms with Gasteiger partial charge < -0.3 is 5.32 Å². The van der Waals surface area contributed by atoms with E-state index in [0.29, 0.717) is 17.0 Å². The minimum atomic E-state index is -0.411. The number of halogens is 1. The number of nitrogens with one attached hydrogen (secondary N) is 1. The van der Waals surface area contributed by atoms with Gasteiger partial charge in [-0.25, -0.2) is 9.07 Å². The Morgan fingerprint density at radius 2 is 1.79 bits per heavy atom. The molecule has 0 saturated carbocycles. The molecule has 6 heteroatoms. The highest BCUT2D eigenvalue weighted by Crippen LogP contribution is 2.24. The summed E-state index contributed by atoms with van der Waals surface area (Å²) < 4.78 is 14.7. The first-order valence-electron chi connectivity index (χ1n) is 9.21. The van der Waals surface area contributed by atoms with Crippen molar-refractivity contribution in [2.24, 2.45) is 0 Å². The molecule has 0 saturated heterocycles. The van der Waals surface area contributed by atoms with E-state index in [0.717, 1.165) is 23.0 Å². The van der Waals surface area contributed by atoms with Crippen LogP contribution in [0.15, 0.2) is 79.1 Å². The quantitative estimate of drug-likeness (QED) is 0.556. The first kappa shape index (κ1) is 18.6. The molecule has 0 spiro atoms. The Kier molecular flexibility index (Phi) is 5.16. The van der Waals surface area contributed by atoms with Crippen LogP contribution in [0, 0.1) is 12.7 Å². The number of carbonyl (C=O) groups excluding carboxylic acids is 1. The van der Waals surface area contributed by atoms with E-state index in [2.05, 4.69) is 15.4 Å². The average Bonchev–Trinajstić information content (AvgIpc) is 3.20. The lowest BCUT2D eigenvalue weighted by molar-refractivity contribution is 0.0951. The molecule has 2 heterocycles. The molecule has 0 aliphatic heterocycles. The van der Waals surface area contributed by atoms with Gasteiger partial charge in [0.05, 0.1) is 29.7 Å². The molecule has 0 aliphatic rings. The smallest absolute Gasteiger partial charge is 0.255 e. The van der Waals surface area contributed by atoms with E-state index < -0.39 is 5.82 Å². The Labute approximate surface area is 167 Å². The van der Waals surface area contributed by atoms with Gasteiger partial charge in [-0.3, -0.25) is 9.78 Å². The van der Waals surface area contributed by atoms with Crippen LogP contribution in [-0.2, 0) is 6.54 Å². The summed E-state index contributed by atoms with van der Waals surface area (Å²) in [5, 5.41) is 7.50. The minimum Gasteiger partial charge on any atom is -0.346 e. The molecular formula is C23H19FN4O. The monoisotopic (exact) mass is 386 g/mol. The summed E-state index contributed by atoms with van der Waals surface area (Å²) in [6.45, 7) is 2.22. The van der Waals surface area contributed by atoms with Gasteiger partial charge >= 0.3 is 0 Å². The fourth-order valence-corrected chi connectivity index (χ4v) is 2.96. The summed E-state index contributed by atoms with van der Waals surface area (Å²) in [5.74, 6) is -0.681.